The Balaban J connectivity index is 2.46. The fourth-order valence-corrected chi connectivity index (χ4v) is 1.63. The minimum atomic E-state index is -1.20. The first-order valence-corrected chi connectivity index (χ1v) is 6.52. The molecule has 0 bridgehead atoms. The lowest BCUT2D eigenvalue weighted by Gasteiger charge is -2.34. The van der Waals surface area contributed by atoms with Gasteiger partial charge in [-0.15, -0.1) is 0 Å². The number of carbonyl (C=O) groups is 3. The highest BCUT2D eigenvalue weighted by atomic mass is 16.5. The van der Waals surface area contributed by atoms with Crippen molar-refractivity contribution < 1.29 is 19.1 Å². The summed E-state index contributed by atoms with van der Waals surface area (Å²) < 4.78 is 5.38. The first-order chi connectivity index (χ1) is 8.76. The van der Waals surface area contributed by atoms with E-state index in [1.54, 1.807) is 0 Å². The number of hydrogen-bond donors (Lipinski definition) is 1. The van der Waals surface area contributed by atoms with Gasteiger partial charge in [0.05, 0.1) is 13.2 Å². The van der Waals surface area contributed by atoms with Crippen LogP contribution >= 0.6 is 0 Å². The van der Waals surface area contributed by atoms with Crippen molar-refractivity contribution in [2.24, 2.45) is 11.3 Å². The summed E-state index contributed by atoms with van der Waals surface area (Å²) in [4.78, 5) is 36.2. The summed E-state index contributed by atoms with van der Waals surface area (Å²) in [6.45, 7) is 8.25. The molecule has 0 aliphatic carbocycles. The van der Waals surface area contributed by atoms with Crippen LogP contribution in [0.4, 0.5) is 4.79 Å². The largest absolute Gasteiger partial charge is 0.380 e. The summed E-state index contributed by atoms with van der Waals surface area (Å²) in [5.41, 5.74) is -1.20. The molecule has 0 atom stereocenters. The van der Waals surface area contributed by atoms with Crippen LogP contribution in [0.15, 0.2) is 0 Å². The monoisotopic (exact) mass is 270 g/mol. The lowest BCUT2D eigenvalue weighted by Crippen LogP contribution is -2.62. The van der Waals surface area contributed by atoms with Crippen LogP contribution in [0, 0.1) is 11.3 Å². The van der Waals surface area contributed by atoms with Crippen molar-refractivity contribution in [3.05, 3.63) is 0 Å². The Morgan fingerprint density at radius 1 is 1.21 bits per heavy atom. The molecule has 1 aliphatic heterocycles. The number of rotatable bonds is 6. The van der Waals surface area contributed by atoms with Crippen LogP contribution in [-0.2, 0) is 14.3 Å². The van der Waals surface area contributed by atoms with Crippen molar-refractivity contribution in [3.8, 4) is 0 Å². The van der Waals surface area contributed by atoms with Crippen molar-refractivity contribution in [1.29, 1.82) is 0 Å². The molecule has 0 spiro atoms. The Morgan fingerprint density at radius 2 is 1.84 bits per heavy atom. The van der Waals surface area contributed by atoms with Gasteiger partial charge in [0, 0.05) is 6.61 Å². The minimum Gasteiger partial charge on any atom is -0.380 e. The van der Waals surface area contributed by atoms with Gasteiger partial charge in [0.25, 0.3) is 0 Å². The van der Waals surface area contributed by atoms with Crippen LogP contribution in [0.2, 0.25) is 0 Å². The first kappa shape index (κ1) is 15.6. The predicted octanol–water partition coefficient (Wildman–Crippen LogP) is 1.15. The highest BCUT2D eigenvalue weighted by Gasteiger charge is 2.46. The van der Waals surface area contributed by atoms with Crippen molar-refractivity contribution in [3.63, 3.8) is 0 Å². The molecular formula is C13H22N2O4. The van der Waals surface area contributed by atoms with E-state index in [0.717, 1.165) is 11.3 Å². The number of ether oxygens (including phenoxy) is 1. The normalized spacial score (nSPS) is 19.0. The highest BCUT2D eigenvalue weighted by Crippen LogP contribution is 2.23. The van der Waals surface area contributed by atoms with Crippen molar-refractivity contribution in [2.75, 3.05) is 19.8 Å². The predicted molar refractivity (Wildman–Crippen MR) is 69.3 cm³/mol. The van der Waals surface area contributed by atoms with E-state index in [4.69, 9.17) is 4.74 Å². The third-order valence-electron chi connectivity index (χ3n) is 3.11. The third kappa shape index (κ3) is 3.76. The second kappa shape index (κ2) is 6.14. The molecule has 6 nitrogen and oxygen atoms in total. The zero-order valence-electron chi connectivity index (χ0n) is 12.0. The van der Waals surface area contributed by atoms with E-state index in [1.807, 2.05) is 0 Å². The van der Waals surface area contributed by atoms with Gasteiger partial charge >= 0.3 is 6.03 Å². The smallest absolute Gasteiger partial charge is 0.330 e. The average Bonchev–Trinajstić information content (AvgIpc) is 2.30. The molecule has 1 rings (SSSR count). The average molecular weight is 270 g/mol. The van der Waals surface area contributed by atoms with Gasteiger partial charge < -0.3 is 4.74 Å². The number of nitrogens with one attached hydrogen (secondary N) is 1. The Bertz CT molecular complexity index is 377. The molecule has 0 radical (unpaired) electrons. The molecule has 6 heteroatoms. The molecule has 19 heavy (non-hydrogen) atoms. The molecule has 1 aliphatic rings. The molecule has 0 saturated carbocycles. The zero-order chi connectivity index (χ0) is 14.6. The minimum absolute atomic E-state index is 0.166. The third-order valence-corrected chi connectivity index (χ3v) is 3.11. The van der Waals surface area contributed by atoms with Crippen LogP contribution < -0.4 is 5.32 Å². The standard InChI is InChI=1S/C13H22N2O4/c1-9(2)5-7-19-8-6-15-11(17)13(3,4)10(16)14-12(15)18/h9H,5-8H2,1-4H3,(H,14,16,18). The Morgan fingerprint density at radius 3 is 2.42 bits per heavy atom. The quantitative estimate of drug-likeness (QED) is 0.580. The zero-order valence-corrected chi connectivity index (χ0v) is 12.0. The maximum absolute atomic E-state index is 12.0. The van der Waals surface area contributed by atoms with E-state index < -0.39 is 23.3 Å². The summed E-state index contributed by atoms with van der Waals surface area (Å²) in [6, 6.07) is -0.665. The number of nitrogens with zero attached hydrogens (tertiary/aromatic N) is 1. The first-order valence-electron chi connectivity index (χ1n) is 6.52. The molecule has 4 amide bonds. The van der Waals surface area contributed by atoms with E-state index in [0.29, 0.717) is 12.5 Å². The van der Waals surface area contributed by atoms with Crippen LogP contribution in [0.3, 0.4) is 0 Å². The lowest BCUT2D eigenvalue weighted by molar-refractivity contribution is -0.149. The van der Waals surface area contributed by atoms with Crippen LogP contribution in [-0.4, -0.2) is 42.5 Å². The molecule has 1 saturated heterocycles. The molecule has 1 fully saturated rings. The molecule has 108 valence electrons. The van der Waals surface area contributed by atoms with Gasteiger partial charge in [-0.1, -0.05) is 13.8 Å². The molecule has 0 unspecified atom stereocenters. The van der Waals surface area contributed by atoms with Gasteiger partial charge in [-0.3, -0.25) is 19.8 Å². The number of hydrogen-bond acceptors (Lipinski definition) is 4. The van der Waals surface area contributed by atoms with E-state index in [-0.39, 0.29) is 13.2 Å². The van der Waals surface area contributed by atoms with Crippen molar-refractivity contribution in [2.45, 2.75) is 34.1 Å². The van der Waals surface area contributed by atoms with Gasteiger partial charge in [-0.2, -0.15) is 0 Å². The topological polar surface area (TPSA) is 75.7 Å². The number of barbiturate groups is 1. The van der Waals surface area contributed by atoms with Crippen LogP contribution in [0.5, 0.6) is 0 Å². The molecular weight excluding hydrogens is 248 g/mol. The van der Waals surface area contributed by atoms with E-state index in [2.05, 4.69) is 19.2 Å². The van der Waals surface area contributed by atoms with Gasteiger partial charge in [0.15, 0.2) is 0 Å². The second-order valence-electron chi connectivity index (χ2n) is 5.64. The number of urea groups is 1. The maximum Gasteiger partial charge on any atom is 0.330 e. The van der Waals surface area contributed by atoms with Crippen molar-refractivity contribution in [1.82, 2.24) is 10.2 Å². The molecule has 0 aromatic rings. The Kier molecular flexibility index (Phi) is 5.05. The summed E-state index contributed by atoms with van der Waals surface area (Å²) in [6.07, 6.45) is 0.935. The van der Waals surface area contributed by atoms with Gasteiger partial charge in [-0.05, 0) is 26.2 Å². The Hall–Kier alpha value is -1.43. The highest BCUT2D eigenvalue weighted by molar-refractivity contribution is 6.18. The number of amides is 4. The summed E-state index contributed by atoms with van der Waals surface area (Å²) in [5, 5.41) is 2.18. The van der Waals surface area contributed by atoms with E-state index in [9.17, 15) is 14.4 Å². The fraction of sp³-hybridized carbons (Fsp3) is 0.769. The maximum atomic E-state index is 12.0. The Labute approximate surface area is 113 Å². The second-order valence-corrected chi connectivity index (χ2v) is 5.64. The van der Waals surface area contributed by atoms with E-state index in [1.165, 1.54) is 13.8 Å². The van der Waals surface area contributed by atoms with Gasteiger partial charge in [0.2, 0.25) is 11.8 Å². The molecule has 0 aromatic carbocycles. The number of imide groups is 2. The van der Waals surface area contributed by atoms with Crippen LogP contribution in [0.25, 0.3) is 0 Å². The summed E-state index contributed by atoms with van der Waals surface area (Å²) in [5.74, 6) is -0.482. The number of carbonyl (C=O) groups excluding carboxylic acids is 3. The van der Waals surface area contributed by atoms with Gasteiger partial charge in [0.1, 0.15) is 5.41 Å². The fourth-order valence-electron chi connectivity index (χ4n) is 1.63. The lowest BCUT2D eigenvalue weighted by atomic mass is 9.89. The van der Waals surface area contributed by atoms with Crippen LogP contribution in [0.1, 0.15) is 34.1 Å². The van der Waals surface area contributed by atoms with Crippen molar-refractivity contribution >= 4 is 17.8 Å². The summed E-state index contributed by atoms with van der Waals surface area (Å²) >= 11 is 0. The molecule has 1 N–H and O–H groups in total. The summed E-state index contributed by atoms with van der Waals surface area (Å²) in [7, 11) is 0. The van der Waals surface area contributed by atoms with Gasteiger partial charge in [-0.25, -0.2) is 4.79 Å². The molecule has 1 heterocycles. The molecule has 0 aromatic heterocycles. The SMILES string of the molecule is CC(C)CCOCCN1C(=O)NC(=O)C(C)(C)C1=O. The van der Waals surface area contributed by atoms with E-state index >= 15 is 0 Å².